The van der Waals surface area contributed by atoms with Gasteiger partial charge in [-0.1, -0.05) is 37.3 Å². The van der Waals surface area contributed by atoms with Crippen LogP contribution in [-0.2, 0) is 16.4 Å². The van der Waals surface area contributed by atoms with E-state index in [9.17, 15) is 13.2 Å². The Morgan fingerprint density at radius 2 is 1.74 bits per heavy atom. The SMILES string of the molecule is CCS(=O)(=O)c1cnc(N2CCN(C(=O)NC3CCN(Cc4ccccc4)CC3)[C@H](C)C2)nc1. The molecule has 184 valence electrons. The van der Waals surface area contributed by atoms with Crippen LogP contribution in [0.1, 0.15) is 32.3 Å². The van der Waals surface area contributed by atoms with Crippen molar-refractivity contribution < 1.29 is 13.2 Å². The van der Waals surface area contributed by atoms with Crippen molar-refractivity contribution in [3.8, 4) is 0 Å². The Bertz CT molecular complexity index is 1060. The number of hydrogen-bond donors (Lipinski definition) is 1. The summed E-state index contributed by atoms with van der Waals surface area (Å²) in [5.74, 6) is 0.514. The summed E-state index contributed by atoms with van der Waals surface area (Å²) in [5.41, 5.74) is 1.32. The second-order valence-electron chi connectivity index (χ2n) is 9.10. The van der Waals surface area contributed by atoms with E-state index in [1.165, 1.54) is 18.0 Å². The number of anilines is 1. The first-order valence-corrected chi connectivity index (χ1v) is 13.6. The highest BCUT2D eigenvalue weighted by molar-refractivity contribution is 7.91. The summed E-state index contributed by atoms with van der Waals surface area (Å²) in [7, 11) is -3.32. The number of aromatic nitrogens is 2. The van der Waals surface area contributed by atoms with Crippen LogP contribution >= 0.6 is 0 Å². The lowest BCUT2D eigenvalue weighted by Crippen LogP contribution is -2.58. The minimum absolute atomic E-state index is 0.00503. The molecule has 4 rings (SSSR count). The van der Waals surface area contributed by atoms with E-state index < -0.39 is 9.84 Å². The summed E-state index contributed by atoms with van der Waals surface area (Å²) in [4.78, 5) is 27.9. The van der Waals surface area contributed by atoms with E-state index in [2.05, 4.69) is 44.5 Å². The fourth-order valence-electron chi connectivity index (χ4n) is 4.58. The highest BCUT2D eigenvalue weighted by Gasteiger charge is 2.30. The first-order valence-electron chi connectivity index (χ1n) is 12.0. The van der Waals surface area contributed by atoms with Gasteiger partial charge in [0.25, 0.3) is 0 Å². The smallest absolute Gasteiger partial charge is 0.317 e. The van der Waals surface area contributed by atoms with Crippen molar-refractivity contribution in [2.24, 2.45) is 0 Å². The molecular weight excluding hydrogens is 452 g/mol. The molecule has 0 unspecified atom stereocenters. The molecule has 1 aromatic carbocycles. The fourth-order valence-corrected chi connectivity index (χ4v) is 5.34. The average Bonchev–Trinajstić information content (AvgIpc) is 2.86. The van der Waals surface area contributed by atoms with Crippen molar-refractivity contribution in [1.29, 1.82) is 0 Å². The standard InChI is InChI=1S/C24H34N6O3S/c1-3-34(32,33)22-15-25-23(26-16-22)29-13-14-30(19(2)17-29)24(31)27-21-9-11-28(12-10-21)18-20-7-5-4-6-8-20/h4-8,15-16,19,21H,3,9-14,17-18H2,1-2H3,(H,27,31)/t19-/m1/s1. The molecule has 2 aliphatic rings. The maximum Gasteiger partial charge on any atom is 0.317 e. The number of piperidine rings is 1. The maximum absolute atomic E-state index is 13.0. The second kappa shape index (κ2) is 10.7. The molecule has 0 aliphatic carbocycles. The van der Waals surface area contributed by atoms with Gasteiger partial charge in [0.2, 0.25) is 5.95 Å². The van der Waals surface area contributed by atoms with Crippen LogP contribution in [0.3, 0.4) is 0 Å². The Labute approximate surface area is 202 Å². The van der Waals surface area contributed by atoms with E-state index in [1.54, 1.807) is 6.92 Å². The Balaban J connectivity index is 1.25. The third-order valence-electron chi connectivity index (χ3n) is 6.69. The van der Waals surface area contributed by atoms with Gasteiger partial charge in [-0.3, -0.25) is 4.90 Å². The van der Waals surface area contributed by atoms with Crippen molar-refractivity contribution in [1.82, 2.24) is 25.1 Å². The Kier molecular flexibility index (Phi) is 7.67. The van der Waals surface area contributed by atoms with Gasteiger partial charge in [-0.25, -0.2) is 23.2 Å². The molecule has 0 bridgehead atoms. The van der Waals surface area contributed by atoms with Gasteiger partial charge in [0.1, 0.15) is 4.90 Å². The van der Waals surface area contributed by atoms with E-state index in [0.29, 0.717) is 25.6 Å². The maximum atomic E-state index is 13.0. The molecule has 2 fully saturated rings. The lowest BCUT2D eigenvalue weighted by Gasteiger charge is -2.41. The molecular formula is C24H34N6O3S. The van der Waals surface area contributed by atoms with E-state index >= 15 is 0 Å². The number of sulfone groups is 1. The average molecular weight is 487 g/mol. The fraction of sp³-hybridized carbons (Fsp3) is 0.542. The molecule has 1 N–H and O–H groups in total. The molecule has 1 atom stereocenters. The van der Waals surface area contributed by atoms with Crippen LogP contribution in [0.5, 0.6) is 0 Å². The molecule has 2 amide bonds. The summed E-state index contributed by atoms with van der Waals surface area (Å²) < 4.78 is 23.9. The highest BCUT2D eigenvalue weighted by Crippen LogP contribution is 2.18. The van der Waals surface area contributed by atoms with E-state index in [1.807, 2.05) is 22.8 Å². The molecule has 0 saturated carbocycles. The number of likely N-dealkylation sites (tertiary alicyclic amines) is 1. The van der Waals surface area contributed by atoms with Crippen LogP contribution in [0.15, 0.2) is 47.6 Å². The molecule has 3 heterocycles. The van der Waals surface area contributed by atoms with Crippen LogP contribution in [0, 0.1) is 0 Å². The van der Waals surface area contributed by atoms with Crippen molar-refractivity contribution in [3.05, 3.63) is 48.3 Å². The third-order valence-corrected chi connectivity index (χ3v) is 8.38. The van der Waals surface area contributed by atoms with Gasteiger partial charge < -0.3 is 15.1 Å². The zero-order valence-electron chi connectivity index (χ0n) is 19.9. The van der Waals surface area contributed by atoms with Crippen molar-refractivity contribution in [2.75, 3.05) is 43.4 Å². The van der Waals surface area contributed by atoms with Gasteiger partial charge in [-0.2, -0.15) is 0 Å². The van der Waals surface area contributed by atoms with Gasteiger partial charge in [0.15, 0.2) is 9.84 Å². The Hall–Kier alpha value is -2.72. The largest absolute Gasteiger partial charge is 0.337 e. The third kappa shape index (κ3) is 5.85. The quantitative estimate of drug-likeness (QED) is 0.668. The normalized spacial score (nSPS) is 20.4. The number of piperazine rings is 1. The number of nitrogens with one attached hydrogen (secondary N) is 1. The summed E-state index contributed by atoms with van der Waals surface area (Å²) in [6.07, 6.45) is 4.64. The summed E-state index contributed by atoms with van der Waals surface area (Å²) in [6, 6.07) is 10.7. The van der Waals surface area contributed by atoms with Gasteiger partial charge in [-0.05, 0) is 25.3 Å². The number of nitrogens with zero attached hydrogens (tertiary/aromatic N) is 5. The molecule has 1 aromatic heterocycles. The molecule has 10 heteroatoms. The first-order chi connectivity index (χ1) is 16.4. The monoisotopic (exact) mass is 486 g/mol. The number of urea groups is 1. The Morgan fingerprint density at radius 1 is 1.06 bits per heavy atom. The lowest BCUT2D eigenvalue weighted by molar-refractivity contribution is 0.152. The Morgan fingerprint density at radius 3 is 2.35 bits per heavy atom. The van der Waals surface area contributed by atoms with Gasteiger partial charge in [0.05, 0.1) is 18.1 Å². The van der Waals surface area contributed by atoms with Crippen molar-refractivity contribution in [3.63, 3.8) is 0 Å². The number of carbonyl (C=O) groups is 1. The lowest BCUT2D eigenvalue weighted by atomic mass is 10.0. The molecule has 2 aromatic rings. The van der Waals surface area contributed by atoms with E-state index in [4.69, 9.17) is 0 Å². The van der Waals surface area contributed by atoms with Gasteiger partial charge >= 0.3 is 6.03 Å². The summed E-state index contributed by atoms with van der Waals surface area (Å²) >= 11 is 0. The highest BCUT2D eigenvalue weighted by atomic mass is 32.2. The molecule has 0 spiro atoms. The van der Waals surface area contributed by atoms with Crippen LogP contribution in [0.25, 0.3) is 0 Å². The number of hydrogen-bond acceptors (Lipinski definition) is 7. The van der Waals surface area contributed by atoms with Crippen molar-refractivity contribution in [2.45, 2.75) is 50.2 Å². The summed E-state index contributed by atoms with van der Waals surface area (Å²) in [5, 5.41) is 3.23. The van der Waals surface area contributed by atoms with Gasteiger partial charge in [0, 0.05) is 51.4 Å². The van der Waals surface area contributed by atoms with Crippen LogP contribution in [0.4, 0.5) is 10.7 Å². The number of benzene rings is 1. The van der Waals surface area contributed by atoms with Crippen LogP contribution in [0.2, 0.25) is 0 Å². The van der Waals surface area contributed by atoms with Crippen LogP contribution in [-0.4, -0.2) is 84.8 Å². The zero-order chi connectivity index (χ0) is 24.1. The zero-order valence-corrected chi connectivity index (χ0v) is 20.7. The van der Waals surface area contributed by atoms with Gasteiger partial charge in [-0.15, -0.1) is 0 Å². The van der Waals surface area contributed by atoms with Crippen LogP contribution < -0.4 is 10.2 Å². The minimum Gasteiger partial charge on any atom is -0.337 e. The first kappa shape index (κ1) is 24.4. The predicted molar refractivity (Wildman–Crippen MR) is 131 cm³/mol. The molecule has 9 nitrogen and oxygen atoms in total. The summed E-state index contributed by atoms with van der Waals surface area (Å²) in [6.45, 7) is 8.30. The number of rotatable bonds is 6. The molecule has 2 saturated heterocycles. The van der Waals surface area contributed by atoms with E-state index in [-0.39, 0.29) is 28.8 Å². The second-order valence-corrected chi connectivity index (χ2v) is 11.4. The predicted octanol–water partition coefficient (Wildman–Crippen LogP) is 2.15. The number of carbonyl (C=O) groups excluding carboxylic acids is 1. The molecule has 0 radical (unpaired) electrons. The van der Waals surface area contributed by atoms with E-state index in [0.717, 1.165) is 32.5 Å². The minimum atomic E-state index is -3.32. The molecule has 34 heavy (non-hydrogen) atoms. The van der Waals surface area contributed by atoms with Crippen molar-refractivity contribution >= 4 is 21.8 Å². The topological polar surface area (TPSA) is 98.7 Å². The number of amides is 2. The molecule has 2 aliphatic heterocycles.